The van der Waals surface area contributed by atoms with Crippen molar-refractivity contribution in [3.63, 3.8) is 0 Å². The Bertz CT molecular complexity index is 427. The number of hydrogen-bond donors (Lipinski definition) is 1. The van der Waals surface area contributed by atoms with E-state index < -0.39 is 0 Å². The lowest BCUT2D eigenvalue weighted by atomic mass is 10.1. The maximum absolute atomic E-state index is 11.7. The van der Waals surface area contributed by atoms with Crippen LogP contribution in [0.5, 0.6) is 0 Å². The van der Waals surface area contributed by atoms with Gasteiger partial charge in [0.25, 0.3) is 0 Å². The van der Waals surface area contributed by atoms with E-state index in [1.54, 1.807) is 11.9 Å². The fraction of sp³-hybridized carbons (Fsp3) is 0.533. The van der Waals surface area contributed by atoms with Gasteiger partial charge in [0.15, 0.2) is 0 Å². The summed E-state index contributed by atoms with van der Waals surface area (Å²) >= 11 is 0. The van der Waals surface area contributed by atoms with Gasteiger partial charge in [-0.2, -0.15) is 0 Å². The Kier molecular flexibility index (Phi) is 5.38. The molecule has 0 radical (unpaired) electrons. The van der Waals surface area contributed by atoms with Crippen molar-refractivity contribution < 1.29 is 9.53 Å². The van der Waals surface area contributed by atoms with Crippen LogP contribution in [0.4, 0.5) is 5.69 Å². The molecule has 1 fully saturated rings. The molecule has 1 aliphatic heterocycles. The van der Waals surface area contributed by atoms with Gasteiger partial charge in [-0.1, -0.05) is 12.1 Å². The molecule has 5 nitrogen and oxygen atoms in total. The summed E-state index contributed by atoms with van der Waals surface area (Å²) in [4.78, 5) is 15.8. The Morgan fingerprint density at radius 2 is 1.95 bits per heavy atom. The van der Waals surface area contributed by atoms with Gasteiger partial charge in [0.1, 0.15) is 0 Å². The molecule has 2 rings (SSSR count). The van der Waals surface area contributed by atoms with Crippen molar-refractivity contribution in [2.24, 2.45) is 0 Å². The number of hydrogen-bond acceptors (Lipinski definition) is 4. The normalized spacial score (nSPS) is 15.2. The van der Waals surface area contributed by atoms with Gasteiger partial charge in [-0.25, -0.2) is 0 Å². The molecule has 0 saturated carbocycles. The van der Waals surface area contributed by atoms with Gasteiger partial charge in [0.05, 0.1) is 19.8 Å². The summed E-state index contributed by atoms with van der Waals surface area (Å²) in [6.07, 6.45) is 0. The van der Waals surface area contributed by atoms with Crippen LogP contribution in [0.2, 0.25) is 0 Å². The van der Waals surface area contributed by atoms with E-state index in [0.29, 0.717) is 13.1 Å². The standard InChI is InChI=1S/C15H23N3O2/c1-16-11-15(19)17(2)12-13-3-5-14(6-4-13)18-7-9-20-10-8-18/h3-6,16H,7-12H2,1-2H3. The number of likely N-dealkylation sites (N-methyl/N-ethyl adjacent to an activating group) is 2. The molecule has 1 saturated heterocycles. The molecule has 0 aromatic heterocycles. The topological polar surface area (TPSA) is 44.8 Å². The predicted octanol–water partition coefficient (Wildman–Crippen LogP) is 0.701. The van der Waals surface area contributed by atoms with E-state index in [4.69, 9.17) is 4.74 Å². The van der Waals surface area contributed by atoms with Crippen molar-refractivity contribution in [2.45, 2.75) is 6.54 Å². The van der Waals surface area contributed by atoms with Crippen LogP contribution in [-0.2, 0) is 16.1 Å². The molecule has 1 N–H and O–H groups in total. The largest absolute Gasteiger partial charge is 0.378 e. The quantitative estimate of drug-likeness (QED) is 0.860. The molecule has 0 atom stereocenters. The number of nitrogens with zero attached hydrogens (tertiary/aromatic N) is 2. The minimum atomic E-state index is 0.102. The third kappa shape index (κ3) is 3.95. The second-order valence-electron chi connectivity index (χ2n) is 5.05. The fourth-order valence-corrected chi connectivity index (χ4v) is 2.28. The van der Waals surface area contributed by atoms with Gasteiger partial charge in [-0.3, -0.25) is 4.79 Å². The van der Waals surface area contributed by atoms with E-state index in [9.17, 15) is 4.79 Å². The zero-order valence-electron chi connectivity index (χ0n) is 12.3. The van der Waals surface area contributed by atoms with Gasteiger partial charge in [0.2, 0.25) is 5.91 Å². The highest BCUT2D eigenvalue weighted by molar-refractivity contribution is 5.77. The van der Waals surface area contributed by atoms with Crippen molar-refractivity contribution in [1.82, 2.24) is 10.2 Å². The Labute approximate surface area is 120 Å². The third-order valence-corrected chi connectivity index (χ3v) is 3.49. The number of ether oxygens (including phenoxy) is 1. The van der Waals surface area contributed by atoms with Crippen LogP contribution in [0.25, 0.3) is 0 Å². The second-order valence-corrected chi connectivity index (χ2v) is 5.05. The van der Waals surface area contributed by atoms with Crippen LogP contribution in [0.3, 0.4) is 0 Å². The third-order valence-electron chi connectivity index (χ3n) is 3.49. The molecule has 0 aliphatic carbocycles. The van der Waals surface area contributed by atoms with E-state index in [1.807, 2.05) is 7.05 Å². The lowest BCUT2D eigenvalue weighted by Gasteiger charge is -2.29. The van der Waals surface area contributed by atoms with Gasteiger partial charge in [-0.15, -0.1) is 0 Å². The minimum absolute atomic E-state index is 0.102. The average Bonchev–Trinajstić information content (AvgIpc) is 2.49. The molecule has 1 aromatic carbocycles. The maximum atomic E-state index is 11.7. The molecule has 110 valence electrons. The number of rotatable bonds is 5. The van der Waals surface area contributed by atoms with E-state index >= 15 is 0 Å². The molecule has 1 amide bonds. The Morgan fingerprint density at radius 1 is 1.30 bits per heavy atom. The number of anilines is 1. The minimum Gasteiger partial charge on any atom is -0.378 e. The van der Waals surface area contributed by atoms with Crippen LogP contribution in [0.1, 0.15) is 5.56 Å². The molecule has 0 bridgehead atoms. The van der Waals surface area contributed by atoms with Crippen molar-refractivity contribution in [1.29, 1.82) is 0 Å². The number of morpholine rings is 1. The summed E-state index contributed by atoms with van der Waals surface area (Å²) in [5, 5.41) is 2.88. The Balaban J connectivity index is 1.92. The SMILES string of the molecule is CNCC(=O)N(C)Cc1ccc(N2CCOCC2)cc1. The maximum Gasteiger partial charge on any atom is 0.236 e. The summed E-state index contributed by atoms with van der Waals surface area (Å²) in [5.74, 6) is 0.102. The highest BCUT2D eigenvalue weighted by atomic mass is 16.5. The summed E-state index contributed by atoms with van der Waals surface area (Å²) in [6.45, 7) is 4.50. The molecule has 1 aromatic rings. The van der Waals surface area contributed by atoms with Crippen LogP contribution in [0, 0.1) is 0 Å². The molecule has 1 heterocycles. The van der Waals surface area contributed by atoms with Gasteiger partial charge in [0, 0.05) is 32.4 Å². The first kappa shape index (κ1) is 14.8. The number of amides is 1. The average molecular weight is 277 g/mol. The summed E-state index contributed by atoms with van der Waals surface area (Å²) in [6, 6.07) is 8.43. The molecule has 1 aliphatic rings. The summed E-state index contributed by atoms with van der Waals surface area (Å²) < 4.78 is 5.36. The van der Waals surface area contributed by atoms with Crippen molar-refractivity contribution in [3.8, 4) is 0 Å². The van der Waals surface area contributed by atoms with E-state index in [1.165, 1.54) is 5.69 Å². The number of carbonyl (C=O) groups is 1. The first-order valence-corrected chi connectivity index (χ1v) is 7.01. The number of carbonyl (C=O) groups excluding carboxylic acids is 1. The molecular formula is C15H23N3O2. The summed E-state index contributed by atoms with van der Waals surface area (Å²) in [7, 11) is 3.61. The lowest BCUT2D eigenvalue weighted by Crippen LogP contribution is -2.36. The van der Waals surface area contributed by atoms with Gasteiger partial charge in [-0.05, 0) is 24.7 Å². The van der Waals surface area contributed by atoms with Crippen LogP contribution in [-0.4, -0.2) is 57.8 Å². The number of benzene rings is 1. The zero-order valence-corrected chi connectivity index (χ0v) is 12.3. The molecule has 20 heavy (non-hydrogen) atoms. The van der Waals surface area contributed by atoms with Crippen LogP contribution >= 0.6 is 0 Å². The first-order valence-electron chi connectivity index (χ1n) is 7.01. The summed E-state index contributed by atoms with van der Waals surface area (Å²) in [5.41, 5.74) is 2.37. The zero-order chi connectivity index (χ0) is 14.4. The van der Waals surface area contributed by atoms with E-state index in [2.05, 4.69) is 34.5 Å². The highest BCUT2D eigenvalue weighted by Gasteiger charge is 2.12. The van der Waals surface area contributed by atoms with Crippen molar-refractivity contribution in [3.05, 3.63) is 29.8 Å². The second kappa shape index (κ2) is 7.26. The Morgan fingerprint density at radius 3 is 2.55 bits per heavy atom. The molecule has 0 unspecified atom stereocenters. The van der Waals surface area contributed by atoms with E-state index in [0.717, 1.165) is 31.9 Å². The fourth-order valence-electron chi connectivity index (χ4n) is 2.28. The predicted molar refractivity (Wildman–Crippen MR) is 79.9 cm³/mol. The molecular weight excluding hydrogens is 254 g/mol. The van der Waals surface area contributed by atoms with Gasteiger partial charge < -0.3 is 19.9 Å². The van der Waals surface area contributed by atoms with Crippen LogP contribution in [0.15, 0.2) is 24.3 Å². The smallest absolute Gasteiger partial charge is 0.236 e. The molecule has 5 heteroatoms. The Hall–Kier alpha value is -1.59. The van der Waals surface area contributed by atoms with Crippen LogP contribution < -0.4 is 10.2 Å². The number of nitrogens with one attached hydrogen (secondary N) is 1. The van der Waals surface area contributed by atoms with Crippen molar-refractivity contribution >= 4 is 11.6 Å². The first-order chi connectivity index (χ1) is 9.70. The highest BCUT2D eigenvalue weighted by Crippen LogP contribution is 2.17. The van der Waals surface area contributed by atoms with E-state index in [-0.39, 0.29) is 5.91 Å². The monoisotopic (exact) mass is 277 g/mol. The molecule has 0 spiro atoms. The lowest BCUT2D eigenvalue weighted by molar-refractivity contribution is -0.129. The van der Waals surface area contributed by atoms with Crippen molar-refractivity contribution in [2.75, 3.05) is 51.8 Å². The van der Waals surface area contributed by atoms with Gasteiger partial charge >= 0.3 is 0 Å².